The van der Waals surface area contributed by atoms with Crippen LogP contribution in [0, 0.1) is 0 Å². The molecule has 2 aromatic rings. The Morgan fingerprint density at radius 1 is 1.14 bits per heavy atom. The van der Waals surface area contributed by atoms with E-state index in [1.54, 1.807) is 0 Å². The molecule has 3 heteroatoms. The van der Waals surface area contributed by atoms with Crippen molar-refractivity contribution in [3.63, 3.8) is 0 Å². The van der Waals surface area contributed by atoms with Gasteiger partial charge in [-0.1, -0.05) is 29.8 Å². The van der Waals surface area contributed by atoms with Crippen molar-refractivity contribution >= 4 is 17.5 Å². The molecule has 1 aliphatic carbocycles. The molecule has 1 unspecified atom stereocenters. The third kappa shape index (κ3) is 3.11. The first-order valence-corrected chi connectivity index (χ1v) is 7.69. The minimum atomic E-state index is -0.0653. The van der Waals surface area contributed by atoms with E-state index in [2.05, 4.69) is 11.4 Å². The summed E-state index contributed by atoms with van der Waals surface area (Å²) in [6, 6.07) is 13.6. The second kappa shape index (κ2) is 5.90. The highest BCUT2D eigenvalue weighted by molar-refractivity contribution is 6.30. The van der Waals surface area contributed by atoms with Gasteiger partial charge >= 0.3 is 0 Å². The molecular formula is C18H18ClNO. The molecule has 0 bridgehead atoms. The molecular weight excluding hydrogens is 282 g/mol. The van der Waals surface area contributed by atoms with Gasteiger partial charge in [0.15, 0.2) is 0 Å². The first kappa shape index (κ1) is 14.2. The minimum absolute atomic E-state index is 0.0304. The Bertz CT molecular complexity index is 681. The van der Waals surface area contributed by atoms with E-state index in [0.29, 0.717) is 5.02 Å². The zero-order chi connectivity index (χ0) is 14.8. The van der Waals surface area contributed by atoms with E-state index < -0.39 is 0 Å². The van der Waals surface area contributed by atoms with Gasteiger partial charge in [-0.2, -0.15) is 0 Å². The fourth-order valence-electron chi connectivity index (χ4n) is 2.85. The number of halogens is 1. The molecule has 1 aliphatic rings. The number of rotatable bonds is 3. The molecule has 1 N–H and O–H groups in total. The molecule has 3 rings (SSSR count). The Morgan fingerprint density at radius 2 is 1.95 bits per heavy atom. The van der Waals surface area contributed by atoms with Crippen molar-refractivity contribution in [3.8, 4) is 0 Å². The van der Waals surface area contributed by atoms with E-state index in [1.165, 1.54) is 17.5 Å². The number of hydrogen-bond acceptors (Lipinski definition) is 1. The van der Waals surface area contributed by atoms with Crippen molar-refractivity contribution in [3.05, 3.63) is 69.7 Å². The maximum Gasteiger partial charge on any atom is 0.251 e. The van der Waals surface area contributed by atoms with Crippen molar-refractivity contribution in [2.24, 2.45) is 0 Å². The first-order chi connectivity index (χ1) is 10.1. The van der Waals surface area contributed by atoms with Crippen LogP contribution in [0.5, 0.6) is 0 Å². The normalized spacial score (nSPS) is 14.6. The van der Waals surface area contributed by atoms with E-state index in [0.717, 1.165) is 24.0 Å². The zero-order valence-corrected chi connectivity index (χ0v) is 12.8. The van der Waals surface area contributed by atoms with Gasteiger partial charge in [0.1, 0.15) is 0 Å². The summed E-state index contributed by atoms with van der Waals surface area (Å²) in [4.78, 5) is 12.4. The third-order valence-corrected chi connectivity index (χ3v) is 4.29. The van der Waals surface area contributed by atoms with E-state index in [9.17, 15) is 4.79 Å². The number of fused-ring (bicyclic) bond motifs is 1. The molecule has 0 aromatic heterocycles. The van der Waals surface area contributed by atoms with Crippen LogP contribution in [0.15, 0.2) is 42.5 Å². The molecule has 0 radical (unpaired) electrons. The van der Waals surface area contributed by atoms with Crippen LogP contribution in [0.25, 0.3) is 0 Å². The molecule has 2 nitrogen and oxygen atoms in total. The quantitative estimate of drug-likeness (QED) is 0.898. The SMILES string of the molecule is CC(NC(=O)c1ccc2c(c1)CCC2)c1cccc(Cl)c1. The predicted octanol–water partition coefficient (Wildman–Crippen LogP) is 4.32. The minimum Gasteiger partial charge on any atom is -0.346 e. The van der Waals surface area contributed by atoms with Crippen LogP contribution >= 0.6 is 11.6 Å². The molecule has 0 heterocycles. The summed E-state index contributed by atoms with van der Waals surface area (Å²) in [7, 11) is 0. The fraction of sp³-hybridized carbons (Fsp3) is 0.278. The van der Waals surface area contributed by atoms with Crippen LogP contribution in [-0.4, -0.2) is 5.91 Å². The third-order valence-electron chi connectivity index (χ3n) is 4.06. The molecule has 21 heavy (non-hydrogen) atoms. The second-order valence-corrected chi connectivity index (χ2v) is 6.02. The molecule has 1 atom stereocenters. The van der Waals surface area contributed by atoms with Gasteiger partial charge in [-0.25, -0.2) is 0 Å². The van der Waals surface area contributed by atoms with Gasteiger partial charge in [0.2, 0.25) is 0 Å². The highest BCUT2D eigenvalue weighted by atomic mass is 35.5. The average molecular weight is 300 g/mol. The van der Waals surface area contributed by atoms with Crippen LogP contribution in [0.4, 0.5) is 0 Å². The molecule has 0 saturated carbocycles. The summed E-state index contributed by atoms with van der Waals surface area (Å²) >= 11 is 5.99. The fourth-order valence-corrected chi connectivity index (χ4v) is 3.05. The van der Waals surface area contributed by atoms with Crippen molar-refractivity contribution in [1.82, 2.24) is 5.32 Å². The standard InChI is InChI=1S/C18H18ClNO/c1-12(14-5-3-7-17(19)11-14)20-18(21)16-9-8-13-4-2-6-15(13)10-16/h3,5,7-12H,2,4,6H2,1H3,(H,20,21). The van der Waals surface area contributed by atoms with Crippen LogP contribution < -0.4 is 5.32 Å². The molecule has 0 aliphatic heterocycles. The molecule has 108 valence electrons. The van der Waals surface area contributed by atoms with Gasteiger partial charge < -0.3 is 5.32 Å². The molecule has 0 saturated heterocycles. The number of hydrogen-bond donors (Lipinski definition) is 1. The maximum absolute atomic E-state index is 12.4. The van der Waals surface area contributed by atoms with E-state index >= 15 is 0 Å². The van der Waals surface area contributed by atoms with Gasteiger partial charge in [-0.15, -0.1) is 0 Å². The smallest absolute Gasteiger partial charge is 0.251 e. The summed E-state index contributed by atoms with van der Waals surface area (Å²) < 4.78 is 0. The van der Waals surface area contributed by atoms with E-state index in [1.807, 2.05) is 43.3 Å². The Labute approximate surface area is 130 Å². The largest absolute Gasteiger partial charge is 0.346 e. The Kier molecular flexibility index (Phi) is 3.98. The van der Waals surface area contributed by atoms with Crippen LogP contribution in [0.1, 0.15) is 46.4 Å². The van der Waals surface area contributed by atoms with Gasteiger partial charge in [-0.05, 0) is 67.1 Å². The van der Waals surface area contributed by atoms with E-state index in [4.69, 9.17) is 11.6 Å². The second-order valence-electron chi connectivity index (χ2n) is 5.59. The topological polar surface area (TPSA) is 29.1 Å². The zero-order valence-electron chi connectivity index (χ0n) is 12.0. The lowest BCUT2D eigenvalue weighted by molar-refractivity contribution is 0.0940. The van der Waals surface area contributed by atoms with E-state index in [-0.39, 0.29) is 11.9 Å². The summed E-state index contributed by atoms with van der Waals surface area (Å²) in [6.07, 6.45) is 3.41. The van der Waals surface area contributed by atoms with Crippen molar-refractivity contribution < 1.29 is 4.79 Å². The van der Waals surface area contributed by atoms with Crippen LogP contribution in [0.3, 0.4) is 0 Å². The number of nitrogens with one attached hydrogen (secondary N) is 1. The number of aryl methyl sites for hydroxylation is 2. The van der Waals surface area contributed by atoms with Gasteiger partial charge in [-0.3, -0.25) is 4.79 Å². The number of amides is 1. The lowest BCUT2D eigenvalue weighted by atomic mass is 10.0. The summed E-state index contributed by atoms with van der Waals surface area (Å²) in [5.41, 5.74) is 4.45. The predicted molar refractivity (Wildman–Crippen MR) is 85.8 cm³/mol. The molecule has 2 aromatic carbocycles. The highest BCUT2D eigenvalue weighted by Gasteiger charge is 2.15. The van der Waals surface area contributed by atoms with Gasteiger partial charge in [0.05, 0.1) is 6.04 Å². The Hall–Kier alpha value is -1.80. The van der Waals surface area contributed by atoms with Crippen molar-refractivity contribution in [1.29, 1.82) is 0 Å². The summed E-state index contributed by atoms with van der Waals surface area (Å²) in [5.74, 6) is -0.0304. The number of benzene rings is 2. The number of carbonyl (C=O) groups is 1. The van der Waals surface area contributed by atoms with Crippen molar-refractivity contribution in [2.75, 3.05) is 0 Å². The maximum atomic E-state index is 12.4. The van der Waals surface area contributed by atoms with Crippen LogP contribution in [-0.2, 0) is 12.8 Å². The lowest BCUT2D eigenvalue weighted by Crippen LogP contribution is -2.26. The van der Waals surface area contributed by atoms with Crippen LogP contribution in [0.2, 0.25) is 5.02 Å². The number of carbonyl (C=O) groups excluding carboxylic acids is 1. The molecule has 1 amide bonds. The Morgan fingerprint density at radius 3 is 2.76 bits per heavy atom. The van der Waals surface area contributed by atoms with Gasteiger partial charge in [0, 0.05) is 10.6 Å². The Balaban J connectivity index is 1.74. The average Bonchev–Trinajstić information content (AvgIpc) is 2.94. The molecule has 0 fully saturated rings. The van der Waals surface area contributed by atoms with Gasteiger partial charge in [0.25, 0.3) is 5.91 Å². The summed E-state index contributed by atoms with van der Waals surface area (Å²) in [5, 5.41) is 3.72. The highest BCUT2D eigenvalue weighted by Crippen LogP contribution is 2.23. The molecule has 0 spiro atoms. The first-order valence-electron chi connectivity index (χ1n) is 7.31. The monoisotopic (exact) mass is 299 g/mol. The van der Waals surface area contributed by atoms with Crippen molar-refractivity contribution in [2.45, 2.75) is 32.2 Å². The summed E-state index contributed by atoms with van der Waals surface area (Å²) in [6.45, 7) is 1.97. The lowest BCUT2D eigenvalue weighted by Gasteiger charge is -2.15.